The Morgan fingerprint density at radius 2 is 1.67 bits per heavy atom. The van der Waals surface area contributed by atoms with Gasteiger partial charge in [0.1, 0.15) is 0 Å². The monoisotopic (exact) mass is 363 g/mol. The summed E-state index contributed by atoms with van der Waals surface area (Å²) in [5.41, 5.74) is -0.878. The third-order valence-electron chi connectivity index (χ3n) is 3.90. The Morgan fingerprint density at radius 1 is 1.17 bits per heavy atom. The number of alkyl halides is 2. The molecule has 6 nitrogen and oxygen atoms in total. The molecule has 0 aromatic heterocycles. The van der Waals surface area contributed by atoms with Gasteiger partial charge in [-0.2, -0.15) is 8.78 Å². The van der Waals surface area contributed by atoms with E-state index in [1.54, 1.807) is 13.8 Å². The maximum Gasteiger partial charge on any atom is 0.341 e. The summed E-state index contributed by atoms with van der Waals surface area (Å²) >= 11 is 0. The highest BCUT2D eigenvalue weighted by molar-refractivity contribution is 7.91. The average Bonchev–Trinajstić information content (AvgIpc) is 2.53. The van der Waals surface area contributed by atoms with E-state index in [1.165, 1.54) is 0 Å². The van der Waals surface area contributed by atoms with E-state index >= 15 is 0 Å². The van der Waals surface area contributed by atoms with E-state index in [0.717, 1.165) is 24.3 Å². The minimum absolute atomic E-state index is 0.0554. The maximum atomic E-state index is 12.5. The van der Waals surface area contributed by atoms with Crippen LogP contribution in [0, 0.1) is 0 Å². The second kappa shape index (κ2) is 7.69. The Labute approximate surface area is 138 Å². The SMILES string of the molecule is CCC(CC)(CC(=O)O)NC(=O)c1ccc(S(=O)(=O)C(F)F)cc1. The van der Waals surface area contributed by atoms with Gasteiger partial charge in [0.05, 0.1) is 16.9 Å². The molecule has 0 aliphatic rings. The fourth-order valence-electron chi connectivity index (χ4n) is 2.22. The zero-order chi connectivity index (χ0) is 18.5. The van der Waals surface area contributed by atoms with Crippen molar-refractivity contribution in [1.29, 1.82) is 0 Å². The zero-order valence-electron chi connectivity index (χ0n) is 13.3. The van der Waals surface area contributed by atoms with Crippen LogP contribution in [0.2, 0.25) is 0 Å². The molecule has 1 amide bonds. The van der Waals surface area contributed by atoms with E-state index < -0.39 is 37.9 Å². The standard InChI is InChI=1S/C15H19F2NO5S/c1-3-15(4-2,9-12(19)20)18-13(21)10-5-7-11(8-6-10)24(22,23)14(16)17/h5-8,14H,3-4,9H2,1-2H3,(H,18,21)(H,19,20). The molecule has 24 heavy (non-hydrogen) atoms. The molecule has 134 valence electrons. The van der Waals surface area contributed by atoms with Gasteiger partial charge in [-0.05, 0) is 37.1 Å². The summed E-state index contributed by atoms with van der Waals surface area (Å²) < 4.78 is 47.6. The van der Waals surface area contributed by atoms with Crippen molar-refractivity contribution in [2.24, 2.45) is 0 Å². The van der Waals surface area contributed by atoms with E-state index in [2.05, 4.69) is 5.32 Å². The van der Waals surface area contributed by atoms with Gasteiger partial charge in [0.15, 0.2) is 0 Å². The first-order chi connectivity index (χ1) is 11.1. The van der Waals surface area contributed by atoms with Gasteiger partial charge in [-0.3, -0.25) is 9.59 Å². The molecule has 0 radical (unpaired) electrons. The van der Waals surface area contributed by atoms with Crippen molar-refractivity contribution in [2.45, 2.75) is 49.3 Å². The Morgan fingerprint density at radius 3 is 2.04 bits per heavy atom. The smallest absolute Gasteiger partial charge is 0.341 e. The van der Waals surface area contributed by atoms with Crippen molar-refractivity contribution < 1.29 is 31.9 Å². The van der Waals surface area contributed by atoms with E-state index in [9.17, 15) is 26.8 Å². The van der Waals surface area contributed by atoms with E-state index in [0.29, 0.717) is 12.8 Å². The largest absolute Gasteiger partial charge is 0.481 e. The van der Waals surface area contributed by atoms with Gasteiger partial charge in [-0.25, -0.2) is 8.42 Å². The van der Waals surface area contributed by atoms with Crippen LogP contribution in [0.3, 0.4) is 0 Å². The number of carboxylic acid groups (broad SMARTS) is 1. The fraction of sp³-hybridized carbons (Fsp3) is 0.467. The number of carbonyl (C=O) groups is 2. The molecule has 0 saturated heterocycles. The number of carbonyl (C=O) groups excluding carboxylic acids is 1. The number of hydrogen-bond donors (Lipinski definition) is 2. The van der Waals surface area contributed by atoms with Crippen molar-refractivity contribution >= 4 is 21.7 Å². The van der Waals surface area contributed by atoms with Gasteiger partial charge in [-0.1, -0.05) is 13.8 Å². The number of nitrogens with one attached hydrogen (secondary N) is 1. The summed E-state index contributed by atoms with van der Waals surface area (Å²) in [7, 11) is -4.72. The van der Waals surface area contributed by atoms with Crippen LogP contribution >= 0.6 is 0 Å². The summed E-state index contributed by atoms with van der Waals surface area (Å²) in [5, 5.41) is 11.6. The number of sulfone groups is 1. The molecule has 1 aromatic carbocycles. The van der Waals surface area contributed by atoms with Gasteiger partial charge in [0.2, 0.25) is 9.84 Å². The minimum atomic E-state index is -4.72. The van der Waals surface area contributed by atoms with Crippen LogP contribution in [-0.4, -0.2) is 36.7 Å². The van der Waals surface area contributed by atoms with Gasteiger partial charge in [0, 0.05) is 5.56 Å². The highest BCUT2D eigenvalue weighted by atomic mass is 32.2. The van der Waals surface area contributed by atoms with E-state index in [4.69, 9.17) is 5.11 Å². The van der Waals surface area contributed by atoms with Crippen molar-refractivity contribution in [3.05, 3.63) is 29.8 Å². The topological polar surface area (TPSA) is 101 Å². The van der Waals surface area contributed by atoms with Crippen molar-refractivity contribution in [3.8, 4) is 0 Å². The number of benzene rings is 1. The number of carboxylic acids is 1. The lowest BCUT2D eigenvalue weighted by molar-refractivity contribution is -0.138. The highest BCUT2D eigenvalue weighted by Crippen LogP contribution is 2.22. The lowest BCUT2D eigenvalue weighted by Gasteiger charge is -2.31. The molecule has 2 N–H and O–H groups in total. The number of hydrogen-bond acceptors (Lipinski definition) is 4. The second-order valence-electron chi connectivity index (χ2n) is 5.34. The van der Waals surface area contributed by atoms with Crippen LogP contribution in [0.5, 0.6) is 0 Å². The van der Waals surface area contributed by atoms with Crippen molar-refractivity contribution in [3.63, 3.8) is 0 Å². The molecule has 0 fully saturated rings. The quantitative estimate of drug-likeness (QED) is 0.739. The van der Waals surface area contributed by atoms with Crippen LogP contribution < -0.4 is 5.32 Å². The Bertz CT molecular complexity index is 697. The number of rotatable bonds is 8. The lowest BCUT2D eigenvalue weighted by atomic mass is 9.88. The molecule has 9 heteroatoms. The van der Waals surface area contributed by atoms with E-state index in [-0.39, 0.29) is 12.0 Å². The zero-order valence-corrected chi connectivity index (χ0v) is 14.1. The summed E-state index contributed by atoms with van der Waals surface area (Å²) in [6, 6.07) is 4.07. The Kier molecular flexibility index (Phi) is 6.42. The van der Waals surface area contributed by atoms with Crippen LogP contribution in [-0.2, 0) is 14.6 Å². The molecule has 0 heterocycles. The normalized spacial score (nSPS) is 12.2. The van der Waals surface area contributed by atoms with Crippen molar-refractivity contribution in [2.75, 3.05) is 0 Å². The molecule has 0 atom stereocenters. The lowest BCUT2D eigenvalue weighted by Crippen LogP contribution is -2.49. The molecule has 0 saturated carbocycles. The van der Waals surface area contributed by atoms with Gasteiger partial charge >= 0.3 is 11.7 Å². The van der Waals surface area contributed by atoms with Crippen molar-refractivity contribution in [1.82, 2.24) is 5.32 Å². The average molecular weight is 363 g/mol. The molecule has 1 rings (SSSR count). The predicted octanol–water partition coefficient (Wildman–Crippen LogP) is 2.45. The molecule has 1 aromatic rings. The number of halogens is 2. The summed E-state index contributed by atoms with van der Waals surface area (Å²) in [6.07, 6.45) is 0.516. The van der Waals surface area contributed by atoms with Crippen LogP contribution in [0.4, 0.5) is 8.78 Å². The predicted molar refractivity (Wildman–Crippen MR) is 82.7 cm³/mol. The third-order valence-corrected chi connectivity index (χ3v) is 5.30. The van der Waals surface area contributed by atoms with Gasteiger partial charge in [-0.15, -0.1) is 0 Å². The maximum absolute atomic E-state index is 12.5. The molecular formula is C15H19F2NO5S. The second-order valence-corrected chi connectivity index (χ2v) is 7.26. The van der Waals surface area contributed by atoms with Gasteiger partial charge in [0.25, 0.3) is 5.91 Å². The third kappa shape index (κ3) is 4.50. The molecule has 0 unspecified atom stereocenters. The van der Waals surface area contributed by atoms with E-state index in [1.807, 2.05) is 0 Å². The Balaban J connectivity index is 3.02. The van der Waals surface area contributed by atoms with Crippen LogP contribution in [0.1, 0.15) is 43.5 Å². The number of aliphatic carboxylic acids is 1. The first-order valence-electron chi connectivity index (χ1n) is 7.24. The van der Waals surface area contributed by atoms with Gasteiger partial charge < -0.3 is 10.4 Å². The first-order valence-corrected chi connectivity index (χ1v) is 8.79. The first kappa shape index (κ1) is 20.0. The summed E-state index contributed by atoms with van der Waals surface area (Å²) in [5.74, 6) is -5.20. The molecular weight excluding hydrogens is 344 g/mol. The molecule has 0 spiro atoms. The van der Waals surface area contributed by atoms with Crippen LogP contribution in [0.25, 0.3) is 0 Å². The fourth-order valence-corrected chi connectivity index (χ4v) is 2.94. The Hall–Kier alpha value is -2.03. The number of amides is 1. The summed E-state index contributed by atoms with van der Waals surface area (Å²) in [4.78, 5) is 22.6. The van der Waals surface area contributed by atoms with Crippen LogP contribution in [0.15, 0.2) is 29.2 Å². The molecule has 0 bridgehead atoms. The minimum Gasteiger partial charge on any atom is -0.481 e. The molecule has 0 aliphatic heterocycles. The molecule has 0 aliphatic carbocycles. The summed E-state index contributed by atoms with van der Waals surface area (Å²) in [6.45, 7) is 3.48. The highest BCUT2D eigenvalue weighted by Gasteiger charge is 2.31.